The summed E-state index contributed by atoms with van der Waals surface area (Å²) >= 11 is 0. The summed E-state index contributed by atoms with van der Waals surface area (Å²) in [5.74, 6) is 1.30. The van der Waals surface area contributed by atoms with E-state index in [0.717, 1.165) is 41.7 Å². The van der Waals surface area contributed by atoms with Gasteiger partial charge in [-0.05, 0) is 50.0 Å². The number of hydrogen-bond donors (Lipinski definition) is 2. The Labute approximate surface area is 138 Å². The van der Waals surface area contributed by atoms with Gasteiger partial charge >= 0.3 is 7.12 Å². The molecule has 5 heteroatoms. The van der Waals surface area contributed by atoms with Crippen LogP contribution >= 0.6 is 0 Å². The topological polar surface area (TPSA) is 62.8 Å². The molecule has 0 radical (unpaired) electrons. The van der Waals surface area contributed by atoms with Crippen molar-refractivity contribution in [1.82, 2.24) is 0 Å². The molecule has 1 aromatic rings. The normalized spacial score (nSPS) is 19.0. The lowest BCUT2D eigenvalue weighted by Gasteiger charge is -2.28. The zero-order valence-corrected chi connectivity index (χ0v) is 13.9. The van der Waals surface area contributed by atoms with Gasteiger partial charge in [-0.25, -0.2) is 0 Å². The van der Waals surface area contributed by atoms with Crippen LogP contribution in [-0.4, -0.2) is 23.4 Å². The number of allylic oxidation sites excluding steroid dienone is 2. The van der Waals surface area contributed by atoms with E-state index in [2.05, 4.69) is 13.5 Å². The minimum atomic E-state index is -0.727. The number of aliphatic hydroxyl groups excluding tert-OH is 1. The van der Waals surface area contributed by atoms with Gasteiger partial charge in [-0.15, -0.1) is 0 Å². The predicted molar refractivity (Wildman–Crippen MR) is 92.7 cm³/mol. The molecule has 2 heterocycles. The van der Waals surface area contributed by atoms with Crippen LogP contribution in [0.5, 0.6) is 0 Å². The Kier molecular flexibility index (Phi) is 6.45. The highest BCUT2D eigenvalue weighted by atomic mass is 16.5. The van der Waals surface area contributed by atoms with Crippen molar-refractivity contribution < 1.29 is 19.2 Å². The minimum absolute atomic E-state index is 0.0893. The first-order valence-corrected chi connectivity index (χ1v) is 8.12. The first kappa shape index (κ1) is 17.8. The van der Waals surface area contributed by atoms with Crippen molar-refractivity contribution in [3.63, 3.8) is 0 Å². The van der Waals surface area contributed by atoms with Gasteiger partial charge < -0.3 is 19.2 Å². The van der Waals surface area contributed by atoms with Crippen molar-refractivity contribution in [2.45, 2.75) is 52.1 Å². The molecule has 1 unspecified atom stereocenters. The largest absolute Gasteiger partial charge is 0.459 e. The Balaban J connectivity index is 1.98. The van der Waals surface area contributed by atoms with Crippen LogP contribution in [0, 0.1) is 0 Å². The van der Waals surface area contributed by atoms with E-state index >= 15 is 0 Å². The first-order chi connectivity index (χ1) is 11.0. The molecule has 2 N–H and O–H groups in total. The van der Waals surface area contributed by atoms with Crippen LogP contribution in [0.15, 0.2) is 45.9 Å². The second-order valence-corrected chi connectivity index (χ2v) is 5.92. The van der Waals surface area contributed by atoms with Gasteiger partial charge in [0.15, 0.2) is 0 Å². The number of rotatable bonds is 7. The van der Waals surface area contributed by atoms with Gasteiger partial charge in [0, 0.05) is 6.32 Å². The van der Waals surface area contributed by atoms with Crippen molar-refractivity contribution in [1.29, 1.82) is 0 Å². The molecule has 1 aliphatic rings. The van der Waals surface area contributed by atoms with E-state index in [1.807, 2.05) is 25.1 Å². The quantitative estimate of drug-likeness (QED) is 0.753. The van der Waals surface area contributed by atoms with E-state index in [4.69, 9.17) is 14.2 Å². The zero-order valence-electron chi connectivity index (χ0n) is 13.9. The second kappa shape index (κ2) is 8.34. The van der Waals surface area contributed by atoms with Crippen molar-refractivity contribution in [2.24, 2.45) is 0 Å². The summed E-state index contributed by atoms with van der Waals surface area (Å²) in [5.41, 5.74) is 3.35. The highest BCUT2D eigenvalue weighted by molar-refractivity contribution is 6.43. The van der Waals surface area contributed by atoms with Gasteiger partial charge in [-0.2, -0.15) is 0 Å². The molecule has 0 saturated carbocycles. The summed E-state index contributed by atoms with van der Waals surface area (Å²) in [6, 6.07) is 3.62. The standard InChI is InChI=1S/C18H25BO4/c1-4-14(3)17-9-10-19(21)23-18(17)8-5-13(2)11-15-6-7-16(12-20)22-15/h6-7,9,11,18,20-21H,3-5,8,10,12H2,1-2H3/b13-11+. The smallest absolute Gasteiger partial charge is 0.458 e. The molecule has 23 heavy (non-hydrogen) atoms. The van der Waals surface area contributed by atoms with Crippen LogP contribution in [0.1, 0.15) is 44.6 Å². The van der Waals surface area contributed by atoms with Crippen LogP contribution in [0.3, 0.4) is 0 Å². The lowest BCUT2D eigenvalue weighted by molar-refractivity contribution is 0.183. The van der Waals surface area contributed by atoms with E-state index in [1.54, 1.807) is 6.07 Å². The van der Waals surface area contributed by atoms with E-state index in [0.29, 0.717) is 12.1 Å². The van der Waals surface area contributed by atoms with E-state index in [9.17, 15) is 5.02 Å². The lowest BCUT2D eigenvalue weighted by Crippen LogP contribution is -2.31. The Bertz CT molecular complexity index is 600. The van der Waals surface area contributed by atoms with Crippen LogP contribution in [0.2, 0.25) is 6.32 Å². The molecule has 0 amide bonds. The molecule has 0 saturated heterocycles. The van der Waals surface area contributed by atoms with Gasteiger partial charge in [0.05, 0.1) is 6.10 Å². The Morgan fingerprint density at radius 3 is 2.91 bits per heavy atom. The fourth-order valence-corrected chi connectivity index (χ4v) is 2.71. The van der Waals surface area contributed by atoms with Gasteiger partial charge in [-0.3, -0.25) is 0 Å². The number of furan rings is 1. The molecule has 2 rings (SSSR count). The molecule has 0 bridgehead atoms. The fraction of sp³-hybridized carbons (Fsp3) is 0.444. The summed E-state index contributed by atoms with van der Waals surface area (Å²) in [7, 11) is -0.727. The summed E-state index contributed by atoms with van der Waals surface area (Å²) in [6.07, 6.45) is 6.93. The van der Waals surface area contributed by atoms with E-state index < -0.39 is 7.12 Å². The van der Waals surface area contributed by atoms with Crippen molar-refractivity contribution in [2.75, 3.05) is 0 Å². The van der Waals surface area contributed by atoms with Crippen molar-refractivity contribution in [3.05, 3.63) is 53.0 Å². The van der Waals surface area contributed by atoms with Crippen LogP contribution < -0.4 is 0 Å². The highest BCUT2D eigenvalue weighted by Gasteiger charge is 2.27. The number of hydrogen-bond acceptors (Lipinski definition) is 4. The molecular formula is C18H25BO4. The molecule has 4 nitrogen and oxygen atoms in total. The van der Waals surface area contributed by atoms with Gasteiger partial charge in [0.25, 0.3) is 0 Å². The third kappa shape index (κ3) is 4.96. The maximum atomic E-state index is 9.73. The minimum Gasteiger partial charge on any atom is -0.459 e. The molecular weight excluding hydrogens is 291 g/mol. The van der Waals surface area contributed by atoms with E-state index in [1.165, 1.54) is 0 Å². The van der Waals surface area contributed by atoms with Gasteiger partial charge in [-0.1, -0.05) is 30.7 Å². The predicted octanol–water partition coefficient (Wildman–Crippen LogP) is 3.73. The Morgan fingerprint density at radius 1 is 1.48 bits per heavy atom. The van der Waals surface area contributed by atoms with Gasteiger partial charge in [0.1, 0.15) is 18.1 Å². The summed E-state index contributed by atoms with van der Waals surface area (Å²) in [6.45, 7) is 8.12. The maximum absolute atomic E-state index is 9.73. The Morgan fingerprint density at radius 2 is 2.26 bits per heavy atom. The molecule has 1 aliphatic heterocycles. The van der Waals surface area contributed by atoms with E-state index in [-0.39, 0.29) is 12.7 Å². The van der Waals surface area contributed by atoms with Gasteiger partial charge in [0.2, 0.25) is 0 Å². The average Bonchev–Trinajstić information content (AvgIpc) is 3.00. The third-order valence-electron chi connectivity index (χ3n) is 4.07. The first-order valence-electron chi connectivity index (χ1n) is 8.12. The molecule has 0 aliphatic carbocycles. The molecule has 1 atom stereocenters. The highest BCUT2D eigenvalue weighted by Crippen LogP contribution is 2.28. The molecule has 124 valence electrons. The summed E-state index contributed by atoms with van der Waals surface area (Å²) < 4.78 is 11.2. The maximum Gasteiger partial charge on any atom is 0.458 e. The molecule has 1 aromatic heterocycles. The molecule has 0 aromatic carbocycles. The molecule has 0 spiro atoms. The fourth-order valence-electron chi connectivity index (χ4n) is 2.71. The summed E-state index contributed by atoms with van der Waals surface area (Å²) in [4.78, 5) is 0. The third-order valence-corrected chi connectivity index (χ3v) is 4.07. The lowest BCUT2D eigenvalue weighted by atomic mass is 9.77. The zero-order chi connectivity index (χ0) is 16.8. The van der Waals surface area contributed by atoms with Crippen molar-refractivity contribution >= 4 is 13.2 Å². The Hall–Kier alpha value is -1.56. The second-order valence-electron chi connectivity index (χ2n) is 5.92. The number of aliphatic hydroxyl groups is 1. The summed E-state index contributed by atoms with van der Waals surface area (Å²) in [5, 5.41) is 18.8. The van der Waals surface area contributed by atoms with Crippen molar-refractivity contribution in [3.8, 4) is 0 Å². The monoisotopic (exact) mass is 316 g/mol. The molecule has 0 fully saturated rings. The average molecular weight is 316 g/mol. The van der Waals surface area contributed by atoms with Crippen LogP contribution in [0.4, 0.5) is 0 Å². The van der Waals surface area contributed by atoms with Crippen LogP contribution in [-0.2, 0) is 11.3 Å². The SMILES string of the molecule is C=C(CC)C1=CCB(O)OC1CC/C(C)=C/c1ccc(CO)o1. The van der Waals surface area contributed by atoms with Crippen LogP contribution in [0.25, 0.3) is 6.08 Å².